The smallest absolute Gasteiger partial charge is 0.167 e. The molecule has 0 saturated carbocycles. The number of anilines is 1. The minimum atomic E-state index is -0.438. The SMILES string of the molecule is COc1ccc(CN(C)c2ncnc3cc(F)c(OC)cc23)cc1. The molecule has 0 atom stereocenters. The predicted molar refractivity (Wildman–Crippen MR) is 91.1 cm³/mol. The zero-order valence-corrected chi connectivity index (χ0v) is 13.8. The third-order valence-corrected chi connectivity index (χ3v) is 3.83. The first-order valence-electron chi connectivity index (χ1n) is 7.44. The molecule has 0 unspecified atom stereocenters. The maximum atomic E-state index is 13.9. The third-order valence-electron chi connectivity index (χ3n) is 3.83. The monoisotopic (exact) mass is 327 g/mol. The second-order valence-corrected chi connectivity index (χ2v) is 5.41. The average Bonchev–Trinajstić information content (AvgIpc) is 2.61. The number of aromatic nitrogens is 2. The molecule has 0 N–H and O–H groups in total. The van der Waals surface area contributed by atoms with Crippen molar-refractivity contribution in [2.45, 2.75) is 6.54 Å². The van der Waals surface area contributed by atoms with Gasteiger partial charge in [-0.1, -0.05) is 12.1 Å². The lowest BCUT2D eigenvalue weighted by Crippen LogP contribution is -2.18. The Hall–Kier alpha value is -2.89. The summed E-state index contributed by atoms with van der Waals surface area (Å²) in [4.78, 5) is 10.5. The zero-order chi connectivity index (χ0) is 17.1. The number of fused-ring (bicyclic) bond motifs is 1. The molecule has 0 saturated heterocycles. The van der Waals surface area contributed by atoms with E-state index >= 15 is 0 Å². The van der Waals surface area contributed by atoms with Crippen LogP contribution in [-0.4, -0.2) is 31.2 Å². The predicted octanol–water partition coefficient (Wildman–Crippen LogP) is 3.42. The van der Waals surface area contributed by atoms with Gasteiger partial charge in [0.05, 0.1) is 19.7 Å². The summed E-state index contributed by atoms with van der Waals surface area (Å²) in [6.07, 6.45) is 1.44. The van der Waals surface area contributed by atoms with Crippen LogP contribution in [0.2, 0.25) is 0 Å². The number of ether oxygens (including phenoxy) is 2. The first kappa shape index (κ1) is 16.0. The van der Waals surface area contributed by atoms with E-state index in [1.807, 2.05) is 36.2 Å². The summed E-state index contributed by atoms with van der Waals surface area (Å²) in [5.41, 5.74) is 1.65. The van der Waals surface area contributed by atoms with Gasteiger partial charge < -0.3 is 14.4 Å². The van der Waals surface area contributed by atoms with E-state index in [-0.39, 0.29) is 5.75 Å². The van der Waals surface area contributed by atoms with Gasteiger partial charge in [-0.25, -0.2) is 14.4 Å². The lowest BCUT2D eigenvalue weighted by atomic mass is 10.1. The number of hydrogen-bond donors (Lipinski definition) is 0. The number of hydrogen-bond acceptors (Lipinski definition) is 5. The lowest BCUT2D eigenvalue weighted by molar-refractivity contribution is 0.387. The highest BCUT2D eigenvalue weighted by Crippen LogP contribution is 2.29. The van der Waals surface area contributed by atoms with Crippen molar-refractivity contribution in [3.63, 3.8) is 0 Å². The van der Waals surface area contributed by atoms with Gasteiger partial charge in [-0.2, -0.15) is 0 Å². The highest BCUT2D eigenvalue weighted by atomic mass is 19.1. The topological polar surface area (TPSA) is 47.5 Å². The first-order chi connectivity index (χ1) is 11.6. The molecule has 2 aromatic carbocycles. The van der Waals surface area contributed by atoms with Crippen molar-refractivity contribution >= 4 is 16.7 Å². The quantitative estimate of drug-likeness (QED) is 0.718. The summed E-state index contributed by atoms with van der Waals surface area (Å²) in [5.74, 6) is 1.27. The van der Waals surface area contributed by atoms with Gasteiger partial charge in [0.1, 0.15) is 17.9 Å². The van der Waals surface area contributed by atoms with Gasteiger partial charge in [0.15, 0.2) is 11.6 Å². The molecule has 3 rings (SSSR count). The molecule has 0 bridgehead atoms. The van der Waals surface area contributed by atoms with Crippen molar-refractivity contribution < 1.29 is 13.9 Å². The van der Waals surface area contributed by atoms with E-state index in [1.165, 1.54) is 19.5 Å². The van der Waals surface area contributed by atoms with Crippen molar-refractivity contribution in [3.05, 3.63) is 54.1 Å². The van der Waals surface area contributed by atoms with E-state index in [0.717, 1.165) is 16.7 Å². The van der Waals surface area contributed by atoms with Crippen LogP contribution in [0.4, 0.5) is 10.2 Å². The van der Waals surface area contributed by atoms with E-state index in [0.29, 0.717) is 17.9 Å². The molecule has 0 radical (unpaired) electrons. The Bertz CT molecular complexity index is 853. The highest BCUT2D eigenvalue weighted by Gasteiger charge is 2.13. The molecule has 6 heteroatoms. The van der Waals surface area contributed by atoms with Gasteiger partial charge in [-0.15, -0.1) is 0 Å². The van der Waals surface area contributed by atoms with E-state index in [9.17, 15) is 4.39 Å². The summed E-state index contributed by atoms with van der Waals surface area (Å²) in [7, 11) is 5.01. The molecule has 1 heterocycles. The maximum absolute atomic E-state index is 13.9. The largest absolute Gasteiger partial charge is 0.497 e. The van der Waals surface area contributed by atoms with Crippen LogP contribution in [0, 0.1) is 5.82 Å². The number of rotatable bonds is 5. The molecule has 5 nitrogen and oxygen atoms in total. The number of halogens is 1. The molecule has 0 aliphatic heterocycles. The van der Waals surface area contributed by atoms with Crippen LogP contribution in [0.15, 0.2) is 42.7 Å². The normalized spacial score (nSPS) is 10.7. The fraction of sp³-hybridized carbons (Fsp3) is 0.222. The van der Waals surface area contributed by atoms with Crippen LogP contribution in [0.25, 0.3) is 10.9 Å². The van der Waals surface area contributed by atoms with Crippen LogP contribution in [0.3, 0.4) is 0 Å². The first-order valence-corrected chi connectivity index (χ1v) is 7.44. The standard InChI is InChI=1S/C18H18FN3O2/c1-22(10-12-4-6-13(23-2)7-5-12)18-14-8-17(24-3)15(19)9-16(14)20-11-21-18/h4-9,11H,10H2,1-3H3. The van der Waals surface area contributed by atoms with Crippen molar-refractivity contribution in [2.24, 2.45) is 0 Å². The Morgan fingerprint density at radius 2 is 1.79 bits per heavy atom. The average molecular weight is 327 g/mol. The number of benzene rings is 2. The second kappa shape index (κ2) is 6.70. The molecule has 124 valence electrons. The Labute approximate surface area is 139 Å². The maximum Gasteiger partial charge on any atom is 0.167 e. The van der Waals surface area contributed by atoms with Gasteiger partial charge in [-0.05, 0) is 23.8 Å². The Balaban J connectivity index is 1.95. The molecular formula is C18H18FN3O2. The van der Waals surface area contributed by atoms with Crippen LogP contribution in [0.5, 0.6) is 11.5 Å². The van der Waals surface area contributed by atoms with Gasteiger partial charge in [0.2, 0.25) is 0 Å². The Morgan fingerprint density at radius 1 is 1.04 bits per heavy atom. The molecule has 0 fully saturated rings. The van der Waals surface area contributed by atoms with Crippen LogP contribution >= 0.6 is 0 Å². The summed E-state index contributed by atoms with van der Waals surface area (Å²) in [6, 6.07) is 10.8. The second-order valence-electron chi connectivity index (χ2n) is 5.41. The molecule has 0 aliphatic rings. The Morgan fingerprint density at radius 3 is 2.46 bits per heavy atom. The third kappa shape index (κ3) is 3.08. The molecule has 3 aromatic rings. The summed E-state index contributed by atoms with van der Waals surface area (Å²) >= 11 is 0. The van der Waals surface area contributed by atoms with Crippen molar-refractivity contribution in [2.75, 3.05) is 26.2 Å². The van der Waals surface area contributed by atoms with Crippen LogP contribution in [0.1, 0.15) is 5.56 Å². The molecule has 0 aliphatic carbocycles. The van der Waals surface area contributed by atoms with Crippen molar-refractivity contribution in [3.8, 4) is 11.5 Å². The van der Waals surface area contributed by atoms with Gasteiger partial charge in [0, 0.05) is 25.0 Å². The van der Waals surface area contributed by atoms with Crippen molar-refractivity contribution in [1.29, 1.82) is 0 Å². The summed E-state index contributed by atoms with van der Waals surface area (Å²) < 4.78 is 24.1. The summed E-state index contributed by atoms with van der Waals surface area (Å²) in [5, 5.41) is 0.742. The minimum absolute atomic E-state index is 0.177. The molecule has 0 spiro atoms. The molecule has 0 amide bonds. The number of methoxy groups -OCH3 is 2. The fourth-order valence-electron chi connectivity index (χ4n) is 2.58. The van der Waals surface area contributed by atoms with Crippen LogP contribution in [-0.2, 0) is 6.54 Å². The fourth-order valence-corrected chi connectivity index (χ4v) is 2.58. The molecular weight excluding hydrogens is 309 g/mol. The Kier molecular flexibility index (Phi) is 4.46. The van der Waals surface area contributed by atoms with Crippen LogP contribution < -0.4 is 14.4 Å². The summed E-state index contributed by atoms with van der Waals surface area (Å²) in [6.45, 7) is 0.649. The van der Waals surface area contributed by atoms with E-state index in [1.54, 1.807) is 13.2 Å². The zero-order valence-electron chi connectivity index (χ0n) is 13.8. The van der Waals surface area contributed by atoms with Gasteiger partial charge >= 0.3 is 0 Å². The molecule has 1 aromatic heterocycles. The van der Waals surface area contributed by atoms with E-state index in [4.69, 9.17) is 9.47 Å². The number of nitrogens with zero attached hydrogens (tertiary/aromatic N) is 3. The minimum Gasteiger partial charge on any atom is -0.497 e. The van der Waals surface area contributed by atoms with Gasteiger partial charge in [0.25, 0.3) is 0 Å². The van der Waals surface area contributed by atoms with E-state index in [2.05, 4.69) is 9.97 Å². The van der Waals surface area contributed by atoms with E-state index < -0.39 is 5.82 Å². The van der Waals surface area contributed by atoms with Gasteiger partial charge in [-0.3, -0.25) is 0 Å². The molecule has 24 heavy (non-hydrogen) atoms. The highest BCUT2D eigenvalue weighted by molar-refractivity contribution is 5.90. The van der Waals surface area contributed by atoms with Crippen molar-refractivity contribution in [1.82, 2.24) is 9.97 Å². The lowest BCUT2D eigenvalue weighted by Gasteiger charge is -2.20.